The van der Waals surface area contributed by atoms with Crippen molar-refractivity contribution in [3.05, 3.63) is 58.9 Å². The Hall–Kier alpha value is -3.37. The first-order valence-corrected chi connectivity index (χ1v) is 12.9. The number of benzene rings is 1. The van der Waals surface area contributed by atoms with Crippen LogP contribution < -0.4 is 5.32 Å². The van der Waals surface area contributed by atoms with Crippen LogP contribution in [0.25, 0.3) is 16.9 Å². The monoisotopic (exact) mass is 543 g/mol. The Balaban J connectivity index is 1.86. The van der Waals surface area contributed by atoms with Crippen LogP contribution in [0.15, 0.2) is 30.5 Å². The first-order valence-electron chi connectivity index (χ1n) is 12.9. The maximum atomic E-state index is 15.6. The van der Waals surface area contributed by atoms with Crippen molar-refractivity contribution in [1.29, 1.82) is 0 Å². The van der Waals surface area contributed by atoms with Crippen LogP contribution in [0.3, 0.4) is 0 Å². The SMILES string of the molecule is Cc1ccn2c(C[C@@]3(C(=O)OC(C)(C)C)CNCCO3)c(-c3c(F)cc(C(=O)OC(C)(C)C)cc3F)nc2c1. The maximum Gasteiger partial charge on any atom is 0.340 e. The van der Waals surface area contributed by atoms with Crippen molar-refractivity contribution in [3.8, 4) is 11.3 Å². The number of hydrogen-bond acceptors (Lipinski definition) is 7. The zero-order valence-electron chi connectivity index (χ0n) is 23.4. The van der Waals surface area contributed by atoms with E-state index in [9.17, 15) is 9.59 Å². The number of nitrogens with one attached hydrogen (secondary N) is 1. The average Bonchev–Trinajstić information content (AvgIpc) is 3.13. The lowest BCUT2D eigenvalue weighted by molar-refractivity contribution is -0.187. The van der Waals surface area contributed by atoms with Crippen LogP contribution in [0, 0.1) is 18.6 Å². The lowest BCUT2D eigenvalue weighted by Crippen LogP contribution is -2.58. The molecule has 10 heteroatoms. The van der Waals surface area contributed by atoms with Gasteiger partial charge in [0.2, 0.25) is 0 Å². The van der Waals surface area contributed by atoms with E-state index < -0.39 is 45.9 Å². The molecule has 0 amide bonds. The number of carbonyl (C=O) groups is 2. The lowest BCUT2D eigenvalue weighted by Gasteiger charge is -2.37. The molecule has 0 unspecified atom stereocenters. The molecule has 2 aromatic heterocycles. The number of rotatable bonds is 5. The van der Waals surface area contributed by atoms with Crippen LogP contribution in [0.1, 0.15) is 63.2 Å². The molecule has 8 nitrogen and oxygen atoms in total. The lowest BCUT2D eigenvalue weighted by atomic mass is 9.92. The smallest absolute Gasteiger partial charge is 0.340 e. The van der Waals surface area contributed by atoms with Gasteiger partial charge < -0.3 is 23.9 Å². The van der Waals surface area contributed by atoms with E-state index in [1.165, 1.54) is 0 Å². The van der Waals surface area contributed by atoms with E-state index in [1.807, 2.05) is 13.0 Å². The highest BCUT2D eigenvalue weighted by Crippen LogP contribution is 2.35. The van der Waals surface area contributed by atoms with Crippen molar-refractivity contribution in [2.45, 2.75) is 71.7 Å². The fourth-order valence-corrected chi connectivity index (χ4v) is 4.44. The molecule has 210 valence electrons. The van der Waals surface area contributed by atoms with E-state index in [0.29, 0.717) is 17.9 Å². The van der Waals surface area contributed by atoms with Crippen LogP contribution >= 0.6 is 0 Å². The Morgan fingerprint density at radius 1 is 1.08 bits per heavy atom. The molecule has 1 atom stereocenters. The number of aromatic nitrogens is 2. The number of morpholine rings is 1. The Bertz CT molecular complexity index is 1390. The fraction of sp³-hybridized carbons (Fsp3) is 0.483. The summed E-state index contributed by atoms with van der Waals surface area (Å²) in [4.78, 5) is 30.5. The average molecular weight is 544 g/mol. The van der Waals surface area contributed by atoms with Gasteiger partial charge in [0.15, 0.2) is 5.60 Å². The van der Waals surface area contributed by atoms with Gasteiger partial charge in [-0.3, -0.25) is 0 Å². The number of ether oxygens (including phenoxy) is 3. The number of halogens is 2. The number of carbonyl (C=O) groups excluding carboxylic acids is 2. The van der Waals surface area contributed by atoms with Crippen LogP contribution in [0.5, 0.6) is 0 Å². The summed E-state index contributed by atoms with van der Waals surface area (Å²) in [6.45, 7) is 13.1. The standard InChI is InChI=1S/C29H35F2N3O5/c1-17-8-10-34-21(15-29(16-32-9-11-37-29)26(36)39-28(5,6)7)24(33-22(34)12-17)23-19(30)13-18(14-20(23)31)25(35)38-27(2,3)4/h8,10,12-14,32H,9,11,15-16H2,1-7H3/t29-/m0/s1. The topological polar surface area (TPSA) is 91.2 Å². The summed E-state index contributed by atoms with van der Waals surface area (Å²) in [5.41, 5.74) is -2.03. The number of hydrogen-bond donors (Lipinski definition) is 1. The van der Waals surface area contributed by atoms with E-state index in [-0.39, 0.29) is 30.8 Å². The normalized spacial score (nSPS) is 18.3. The van der Waals surface area contributed by atoms with Gasteiger partial charge in [0.25, 0.3) is 0 Å². The second-order valence-corrected chi connectivity index (χ2v) is 11.9. The summed E-state index contributed by atoms with van der Waals surface area (Å²) in [6.07, 6.45) is 1.67. The Labute approximate surface area is 226 Å². The van der Waals surface area contributed by atoms with Gasteiger partial charge in [-0.1, -0.05) is 0 Å². The summed E-state index contributed by atoms with van der Waals surface area (Å²) in [6, 6.07) is 5.49. The summed E-state index contributed by atoms with van der Waals surface area (Å²) in [7, 11) is 0. The minimum atomic E-state index is -1.45. The molecule has 4 rings (SSSR count). The molecule has 1 aromatic carbocycles. The van der Waals surface area contributed by atoms with Gasteiger partial charge in [-0.2, -0.15) is 0 Å². The zero-order valence-corrected chi connectivity index (χ0v) is 23.4. The first-order chi connectivity index (χ1) is 18.1. The zero-order chi connectivity index (χ0) is 28.8. The van der Waals surface area contributed by atoms with E-state index in [2.05, 4.69) is 10.3 Å². The Morgan fingerprint density at radius 2 is 1.72 bits per heavy atom. The summed E-state index contributed by atoms with van der Waals surface area (Å²) >= 11 is 0. The van der Waals surface area contributed by atoms with E-state index in [0.717, 1.165) is 17.7 Å². The third-order valence-electron chi connectivity index (χ3n) is 6.09. The van der Waals surface area contributed by atoms with Crippen LogP contribution in [0.4, 0.5) is 8.78 Å². The molecule has 1 saturated heterocycles. The van der Waals surface area contributed by atoms with Crippen LogP contribution in [0.2, 0.25) is 0 Å². The highest BCUT2D eigenvalue weighted by atomic mass is 19.1. The number of esters is 2. The quantitative estimate of drug-likeness (QED) is 0.463. The van der Waals surface area contributed by atoms with Crippen LogP contribution in [-0.4, -0.2) is 57.8 Å². The Kier molecular flexibility index (Phi) is 7.57. The molecular formula is C29H35F2N3O5. The molecule has 0 spiro atoms. The molecule has 3 aromatic rings. The molecule has 0 saturated carbocycles. The summed E-state index contributed by atoms with van der Waals surface area (Å²) < 4.78 is 49.9. The maximum absolute atomic E-state index is 15.6. The van der Waals surface area contributed by atoms with Crippen molar-refractivity contribution >= 4 is 17.6 Å². The minimum Gasteiger partial charge on any atom is -0.458 e. The number of fused-ring (bicyclic) bond motifs is 1. The predicted octanol–water partition coefficient (Wildman–Crippen LogP) is 4.79. The third-order valence-corrected chi connectivity index (χ3v) is 6.09. The summed E-state index contributed by atoms with van der Waals surface area (Å²) in [5.74, 6) is -3.39. The number of pyridine rings is 1. The van der Waals surface area contributed by atoms with Crippen molar-refractivity contribution in [1.82, 2.24) is 14.7 Å². The molecule has 39 heavy (non-hydrogen) atoms. The second-order valence-electron chi connectivity index (χ2n) is 11.9. The van der Waals surface area contributed by atoms with Crippen molar-refractivity contribution in [3.63, 3.8) is 0 Å². The summed E-state index contributed by atoms with van der Waals surface area (Å²) in [5, 5.41) is 3.18. The highest BCUT2D eigenvalue weighted by Gasteiger charge is 2.46. The van der Waals surface area contributed by atoms with Gasteiger partial charge in [-0.05, 0) is 78.3 Å². The molecular weight excluding hydrogens is 508 g/mol. The van der Waals surface area contributed by atoms with Gasteiger partial charge in [0.1, 0.15) is 28.5 Å². The minimum absolute atomic E-state index is 0.00319. The van der Waals surface area contributed by atoms with E-state index in [4.69, 9.17) is 14.2 Å². The molecule has 1 fully saturated rings. The van der Waals surface area contributed by atoms with Gasteiger partial charge in [0.05, 0.1) is 29.1 Å². The molecule has 0 aliphatic carbocycles. The van der Waals surface area contributed by atoms with Crippen molar-refractivity contribution in [2.75, 3.05) is 19.7 Å². The second kappa shape index (κ2) is 10.3. The van der Waals surface area contributed by atoms with Gasteiger partial charge >= 0.3 is 11.9 Å². The molecule has 0 bridgehead atoms. The van der Waals surface area contributed by atoms with Crippen molar-refractivity contribution in [2.24, 2.45) is 0 Å². The third kappa shape index (κ3) is 6.28. The highest BCUT2D eigenvalue weighted by molar-refractivity contribution is 5.90. The Morgan fingerprint density at radius 3 is 2.28 bits per heavy atom. The van der Waals surface area contributed by atoms with Gasteiger partial charge in [-0.15, -0.1) is 0 Å². The molecule has 0 radical (unpaired) electrons. The largest absolute Gasteiger partial charge is 0.458 e. The number of imidazole rings is 1. The van der Waals surface area contributed by atoms with Gasteiger partial charge in [-0.25, -0.2) is 23.4 Å². The van der Waals surface area contributed by atoms with Crippen LogP contribution in [-0.2, 0) is 25.4 Å². The molecule has 1 N–H and O–H groups in total. The first kappa shape index (κ1) is 28.6. The van der Waals surface area contributed by atoms with Crippen molar-refractivity contribution < 1.29 is 32.6 Å². The fourth-order valence-electron chi connectivity index (χ4n) is 4.44. The molecule has 1 aliphatic heterocycles. The predicted molar refractivity (Wildman–Crippen MR) is 142 cm³/mol. The molecule has 1 aliphatic rings. The van der Waals surface area contributed by atoms with E-state index >= 15 is 8.78 Å². The number of aryl methyl sites for hydroxylation is 1. The molecule has 3 heterocycles. The number of nitrogens with zero attached hydrogens (tertiary/aromatic N) is 2. The van der Waals surface area contributed by atoms with E-state index in [1.54, 1.807) is 58.2 Å². The van der Waals surface area contributed by atoms with Gasteiger partial charge in [0, 0.05) is 25.7 Å².